The minimum Gasteiger partial charge on any atom is -0.504 e. The molecule has 4 aliphatic rings. The second kappa shape index (κ2) is 16.0. The van der Waals surface area contributed by atoms with Gasteiger partial charge < -0.3 is 39.6 Å². The Labute approximate surface area is 315 Å². The van der Waals surface area contributed by atoms with E-state index in [0.29, 0.717) is 52.3 Å². The number of Topliss-reactive ketones (excluding diaryl/α,β-unsaturated/α-hetero) is 1. The summed E-state index contributed by atoms with van der Waals surface area (Å²) in [7, 11) is 3.42. The van der Waals surface area contributed by atoms with Crippen molar-refractivity contribution < 1.29 is 48.7 Å². The first kappa shape index (κ1) is 39.1. The molecule has 4 aliphatic heterocycles. The quantitative estimate of drug-likeness (QED) is 0.121. The molecule has 0 spiro atoms. The van der Waals surface area contributed by atoms with Crippen molar-refractivity contribution in [3.8, 4) is 28.7 Å². The number of amides is 1. The van der Waals surface area contributed by atoms with Gasteiger partial charge in [-0.2, -0.15) is 0 Å². The third kappa shape index (κ3) is 6.97. The van der Waals surface area contributed by atoms with E-state index in [2.05, 4.69) is 17.1 Å². The first-order chi connectivity index (χ1) is 25.4. The maximum Gasteiger partial charge on any atom is 0.308 e. The van der Waals surface area contributed by atoms with Gasteiger partial charge in [0.15, 0.2) is 28.8 Å². The van der Waals surface area contributed by atoms with Gasteiger partial charge in [0.1, 0.15) is 12.0 Å². The zero-order valence-electron chi connectivity index (χ0n) is 31.7. The second-order valence-corrected chi connectivity index (χ2v) is 15.8. The summed E-state index contributed by atoms with van der Waals surface area (Å²) in [5.74, 6) is 0.584. The van der Waals surface area contributed by atoms with Crippen molar-refractivity contribution in [3.05, 3.63) is 39.4 Å². The summed E-state index contributed by atoms with van der Waals surface area (Å²) in [6.45, 7) is 8.05. The van der Waals surface area contributed by atoms with Crippen LogP contribution in [0.3, 0.4) is 0 Å². The van der Waals surface area contributed by atoms with Gasteiger partial charge in [0.05, 0.1) is 43.1 Å². The Hall–Kier alpha value is -3.56. The number of piperazine rings is 1. The number of aromatic hydroxyl groups is 1. The standard InChI is InChI=1S/C39H53N3O10S/c1-8-9-10-11-12-13-27(46)40-24(21(4)44)17-53-38-30-29(37-36(50-18-51-37)20(3)35(30)52-22(5)45)26(16-43)42-32(38)31-28-23(15-25(39(42)48)41(31)6)14-19(2)34(49-7)33(28)47/h14,24-26,31-32,38-39,43,47-48H,8-13,15-18H2,1-7H3,(H,40,46)/t24-,25-,26-,31+,32?,38+,39?/m0/s1. The average Bonchev–Trinajstić information content (AvgIpc) is 3.60. The topological polar surface area (TPSA) is 167 Å². The highest BCUT2D eigenvalue weighted by Gasteiger charge is 2.59. The second-order valence-electron chi connectivity index (χ2n) is 14.7. The maximum absolute atomic E-state index is 13.1. The van der Waals surface area contributed by atoms with E-state index in [1.807, 2.05) is 24.9 Å². The number of aliphatic hydroxyl groups is 2. The molecule has 1 fully saturated rings. The number of aliphatic hydroxyl groups excluding tert-OH is 2. The minimum atomic E-state index is -1.08. The summed E-state index contributed by atoms with van der Waals surface area (Å²) in [6.07, 6.45) is 4.60. The van der Waals surface area contributed by atoms with Gasteiger partial charge in [-0.15, -0.1) is 11.8 Å². The Morgan fingerprint density at radius 2 is 1.77 bits per heavy atom. The van der Waals surface area contributed by atoms with Crippen LogP contribution in [0.1, 0.15) is 110 Å². The first-order valence-electron chi connectivity index (χ1n) is 18.6. The molecule has 7 atom stereocenters. The molecule has 290 valence electrons. The number of fused-ring (bicyclic) bond motifs is 9. The number of hydrogen-bond acceptors (Lipinski definition) is 13. The fourth-order valence-corrected chi connectivity index (χ4v) is 10.5. The van der Waals surface area contributed by atoms with Gasteiger partial charge in [-0.05, 0) is 51.8 Å². The van der Waals surface area contributed by atoms with Crippen molar-refractivity contribution >= 4 is 29.4 Å². The molecule has 0 radical (unpaired) electrons. The van der Waals surface area contributed by atoms with Gasteiger partial charge >= 0.3 is 5.97 Å². The fourth-order valence-electron chi connectivity index (χ4n) is 8.88. The van der Waals surface area contributed by atoms with E-state index >= 15 is 0 Å². The van der Waals surface area contributed by atoms with E-state index in [4.69, 9.17) is 18.9 Å². The number of aryl methyl sites for hydroxylation is 1. The summed E-state index contributed by atoms with van der Waals surface area (Å²) < 4.78 is 23.6. The number of hydrogen-bond donors (Lipinski definition) is 4. The lowest BCUT2D eigenvalue weighted by Gasteiger charge is -2.61. The van der Waals surface area contributed by atoms with Gasteiger partial charge in [0, 0.05) is 47.4 Å². The Morgan fingerprint density at radius 1 is 1.06 bits per heavy atom. The van der Waals surface area contributed by atoms with Gasteiger partial charge in [0.25, 0.3) is 0 Å². The van der Waals surface area contributed by atoms with Crippen molar-refractivity contribution in [2.75, 3.05) is 33.3 Å². The molecule has 4 heterocycles. The van der Waals surface area contributed by atoms with E-state index in [1.54, 1.807) is 6.92 Å². The van der Waals surface area contributed by atoms with Crippen molar-refractivity contribution in [1.82, 2.24) is 15.1 Å². The smallest absolute Gasteiger partial charge is 0.308 e. The molecule has 2 bridgehead atoms. The number of benzene rings is 2. The Balaban J connectivity index is 1.51. The number of carbonyl (C=O) groups is 3. The van der Waals surface area contributed by atoms with Crippen LogP contribution in [0.5, 0.6) is 28.7 Å². The molecule has 1 saturated heterocycles. The molecular weight excluding hydrogens is 703 g/mol. The summed E-state index contributed by atoms with van der Waals surface area (Å²) in [5.41, 5.74) is 3.91. The number of ketones is 1. The summed E-state index contributed by atoms with van der Waals surface area (Å²) in [4.78, 5) is 42.9. The molecule has 53 heavy (non-hydrogen) atoms. The van der Waals surface area contributed by atoms with Gasteiger partial charge in [-0.1, -0.05) is 38.7 Å². The van der Waals surface area contributed by atoms with Crippen molar-refractivity contribution in [1.29, 1.82) is 0 Å². The molecule has 2 aromatic carbocycles. The molecule has 4 N–H and O–H groups in total. The summed E-state index contributed by atoms with van der Waals surface area (Å²) in [6, 6.07) is -1.28. The van der Waals surface area contributed by atoms with Crippen LogP contribution in [0.4, 0.5) is 0 Å². The number of thioether (sulfide) groups is 1. The number of ether oxygens (including phenoxy) is 4. The lowest BCUT2D eigenvalue weighted by molar-refractivity contribution is -0.178. The number of phenolic OH excluding ortho intramolecular Hbond substituents is 1. The number of methoxy groups -OCH3 is 1. The Morgan fingerprint density at radius 3 is 2.43 bits per heavy atom. The molecule has 13 nitrogen and oxygen atoms in total. The van der Waals surface area contributed by atoms with Gasteiger partial charge in [0.2, 0.25) is 12.7 Å². The highest BCUT2D eigenvalue weighted by molar-refractivity contribution is 7.99. The molecule has 0 aromatic heterocycles. The number of likely N-dealkylation sites (N-methyl/N-ethyl adjacent to an activating group) is 1. The zero-order chi connectivity index (χ0) is 38.3. The Kier molecular flexibility index (Phi) is 11.8. The molecule has 2 aromatic rings. The number of nitrogens with one attached hydrogen (secondary N) is 1. The number of carbonyl (C=O) groups excluding carboxylic acids is 3. The molecule has 0 aliphatic carbocycles. The lowest BCUT2D eigenvalue weighted by Crippen LogP contribution is -2.69. The predicted molar refractivity (Wildman–Crippen MR) is 199 cm³/mol. The van der Waals surface area contributed by atoms with Gasteiger partial charge in [-0.3, -0.25) is 24.2 Å². The minimum absolute atomic E-state index is 0.000811. The summed E-state index contributed by atoms with van der Waals surface area (Å²) >= 11 is 1.39. The lowest BCUT2D eigenvalue weighted by atomic mass is 9.73. The monoisotopic (exact) mass is 755 g/mol. The van der Waals surface area contributed by atoms with E-state index in [0.717, 1.165) is 43.2 Å². The number of nitrogens with zero attached hydrogens (tertiary/aromatic N) is 2. The van der Waals surface area contributed by atoms with Crippen LogP contribution in [0.25, 0.3) is 0 Å². The highest BCUT2D eigenvalue weighted by atomic mass is 32.2. The molecule has 1 amide bonds. The largest absolute Gasteiger partial charge is 0.504 e. The predicted octanol–water partition coefficient (Wildman–Crippen LogP) is 4.53. The Bertz CT molecular complexity index is 1750. The molecule has 6 rings (SSSR count). The SMILES string of the molecule is CCCCCCCC(=O)N[C@@H](CS[C@@H]1c2c(OC(C)=O)c(C)c3c(c2[C@H](CO)N2C1[C@H]1c4c(cc(C)c(OC)c4O)C[C@@H](C2O)N1C)OCO3)C(C)=O. The van der Waals surface area contributed by atoms with Gasteiger partial charge in [-0.25, -0.2) is 0 Å². The van der Waals surface area contributed by atoms with Crippen LogP contribution in [0, 0.1) is 13.8 Å². The third-order valence-electron chi connectivity index (χ3n) is 11.3. The molecular formula is C39H53N3O10S. The van der Waals surface area contributed by atoms with E-state index in [9.17, 15) is 29.7 Å². The van der Waals surface area contributed by atoms with E-state index < -0.39 is 54.3 Å². The molecule has 2 unspecified atom stereocenters. The number of unbranched alkanes of at least 4 members (excludes halogenated alkanes) is 4. The van der Waals surface area contributed by atoms with Crippen LogP contribution in [0.15, 0.2) is 6.07 Å². The average molecular weight is 756 g/mol. The van der Waals surface area contributed by atoms with Crippen LogP contribution in [-0.4, -0.2) is 100 Å². The molecule has 0 saturated carbocycles. The first-order valence-corrected chi connectivity index (χ1v) is 19.6. The van der Waals surface area contributed by atoms with E-state index in [1.165, 1.54) is 32.7 Å². The van der Waals surface area contributed by atoms with Crippen LogP contribution in [-0.2, 0) is 20.8 Å². The maximum atomic E-state index is 13.1. The fraction of sp³-hybridized carbons (Fsp3) is 0.615. The van der Waals surface area contributed by atoms with Crippen LogP contribution in [0.2, 0.25) is 0 Å². The van der Waals surface area contributed by atoms with Crippen LogP contribution < -0.4 is 24.3 Å². The summed E-state index contributed by atoms with van der Waals surface area (Å²) in [5, 5.41) is 37.7. The highest BCUT2D eigenvalue weighted by Crippen LogP contribution is 2.63. The van der Waals surface area contributed by atoms with Crippen molar-refractivity contribution in [2.24, 2.45) is 0 Å². The zero-order valence-corrected chi connectivity index (χ0v) is 32.5. The number of rotatable bonds is 14. The number of phenols is 1. The normalized spacial score (nSPS) is 24.8. The molecule has 14 heteroatoms. The third-order valence-corrected chi connectivity index (χ3v) is 12.7. The van der Waals surface area contributed by atoms with Crippen molar-refractivity contribution in [2.45, 2.75) is 121 Å². The number of esters is 1. The van der Waals surface area contributed by atoms with E-state index in [-0.39, 0.29) is 35.7 Å². The van der Waals surface area contributed by atoms with Crippen LogP contribution >= 0.6 is 11.8 Å². The van der Waals surface area contributed by atoms with Crippen molar-refractivity contribution in [3.63, 3.8) is 0 Å².